The lowest BCUT2D eigenvalue weighted by Gasteiger charge is -2.33. The predicted octanol–water partition coefficient (Wildman–Crippen LogP) is 3.14. The summed E-state index contributed by atoms with van der Waals surface area (Å²) in [6.45, 7) is 3.00. The number of piperidine rings is 2. The van der Waals surface area contributed by atoms with Gasteiger partial charge < -0.3 is 15.5 Å². The molecule has 1 aromatic rings. The van der Waals surface area contributed by atoms with E-state index in [4.69, 9.17) is 23.2 Å². The Bertz CT molecular complexity index is 651. The third-order valence-corrected chi connectivity index (χ3v) is 5.67. The van der Waals surface area contributed by atoms with Crippen LogP contribution in [0.15, 0.2) is 18.2 Å². The van der Waals surface area contributed by atoms with Gasteiger partial charge in [0, 0.05) is 24.7 Å². The molecule has 144 valence electrons. The van der Waals surface area contributed by atoms with Gasteiger partial charge in [-0.15, -0.1) is 12.4 Å². The summed E-state index contributed by atoms with van der Waals surface area (Å²) in [5, 5.41) is 7.23. The van der Waals surface area contributed by atoms with Gasteiger partial charge in [-0.3, -0.25) is 9.59 Å². The molecule has 2 saturated heterocycles. The van der Waals surface area contributed by atoms with Gasteiger partial charge in [0.2, 0.25) is 5.91 Å². The first-order valence-electron chi connectivity index (χ1n) is 8.80. The normalized spacial score (nSPS) is 21.0. The van der Waals surface area contributed by atoms with Crippen LogP contribution in [0.2, 0.25) is 10.0 Å². The van der Waals surface area contributed by atoms with Crippen LogP contribution in [0.3, 0.4) is 0 Å². The number of nitrogens with zero attached hydrogens (tertiary/aromatic N) is 1. The average Bonchev–Trinajstić information content (AvgIpc) is 2.64. The number of benzene rings is 1. The smallest absolute Gasteiger partial charge is 0.253 e. The molecule has 0 spiro atoms. The number of nitrogens with one attached hydrogen (secondary N) is 2. The van der Waals surface area contributed by atoms with Gasteiger partial charge >= 0.3 is 0 Å². The highest BCUT2D eigenvalue weighted by molar-refractivity contribution is 6.42. The third kappa shape index (κ3) is 5.26. The Morgan fingerprint density at radius 2 is 1.85 bits per heavy atom. The van der Waals surface area contributed by atoms with Gasteiger partial charge in [-0.05, 0) is 57.0 Å². The SMILES string of the molecule is Cl.O=C(NC1CCNCC1)C1CCCN(C(=O)c2ccc(Cl)c(Cl)c2)C1. The third-order valence-electron chi connectivity index (χ3n) is 4.93. The first kappa shape index (κ1) is 21.3. The molecule has 2 amide bonds. The van der Waals surface area contributed by atoms with E-state index in [1.807, 2.05) is 0 Å². The van der Waals surface area contributed by atoms with Gasteiger partial charge in [-0.1, -0.05) is 23.2 Å². The molecular weight excluding hydrogens is 397 g/mol. The van der Waals surface area contributed by atoms with E-state index >= 15 is 0 Å². The number of hydrogen-bond acceptors (Lipinski definition) is 3. The van der Waals surface area contributed by atoms with E-state index in [0.717, 1.165) is 38.8 Å². The monoisotopic (exact) mass is 419 g/mol. The Kier molecular flexibility index (Phi) is 8.02. The minimum absolute atomic E-state index is 0. The van der Waals surface area contributed by atoms with Crippen molar-refractivity contribution >= 4 is 47.4 Å². The summed E-state index contributed by atoms with van der Waals surface area (Å²) >= 11 is 11.9. The number of rotatable bonds is 3. The van der Waals surface area contributed by atoms with Gasteiger partial charge in [0.05, 0.1) is 16.0 Å². The topological polar surface area (TPSA) is 61.4 Å². The predicted molar refractivity (Wildman–Crippen MR) is 106 cm³/mol. The summed E-state index contributed by atoms with van der Waals surface area (Å²) in [6, 6.07) is 5.14. The quantitative estimate of drug-likeness (QED) is 0.790. The van der Waals surface area contributed by atoms with Crippen LogP contribution in [0.25, 0.3) is 0 Å². The largest absolute Gasteiger partial charge is 0.353 e. The van der Waals surface area contributed by atoms with Crippen molar-refractivity contribution in [2.45, 2.75) is 31.7 Å². The molecule has 8 heteroatoms. The molecule has 0 aliphatic carbocycles. The van der Waals surface area contributed by atoms with Crippen molar-refractivity contribution in [1.29, 1.82) is 0 Å². The Balaban J connectivity index is 0.00000243. The van der Waals surface area contributed by atoms with Crippen LogP contribution in [-0.2, 0) is 4.79 Å². The first-order chi connectivity index (χ1) is 12.0. The number of carbonyl (C=O) groups excluding carboxylic acids is 2. The number of carbonyl (C=O) groups is 2. The van der Waals surface area contributed by atoms with Gasteiger partial charge in [0.1, 0.15) is 0 Å². The molecule has 0 radical (unpaired) electrons. The highest BCUT2D eigenvalue weighted by Gasteiger charge is 2.30. The molecule has 2 aliphatic rings. The second kappa shape index (κ2) is 9.79. The van der Waals surface area contributed by atoms with Crippen molar-refractivity contribution in [2.24, 2.45) is 5.92 Å². The van der Waals surface area contributed by atoms with E-state index in [1.54, 1.807) is 23.1 Å². The van der Waals surface area contributed by atoms with Crippen LogP contribution in [0.4, 0.5) is 0 Å². The van der Waals surface area contributed by atoms with Crippen LogP contribution in [0.5, 0.6) is 0 Å². The molecule has 2 aliphatic heterocycles. The number of hydrogen-bond donors (Lipinski definition) is 2. The highest BCUT2D eigenvalue weighted by atomic mass is 35.5. The molecule has 0 aromatic heterocycles. The van der Waals surface area contributed by atoms with E-state index in [9.17, 15) is 9.59 Å². The fourth-order valence-electron chi connectivity index (χ4n) is 3.47. The lowest BCUT2D eigenvalue weighted by molar-refractivity contribution is -0.127. The molecule has 1 aromatic carbocycles. The molecule has 2 heterocycles. The molecule has 1 unspecified atom stereocenters. The zero-order chi connectivity index (χ0) is 17.8. The Morgan fingerprint density at radius 1 is 1.12 bits per heavy atom. The Hall–Kier alpha value is -1.01. The minimum atomic E-state index is -0.143. The molecule has 2 fully saturated rings. The standard InChI is InChI=1S/C18H23Cl2N3O2.ClH/c19-15-4-3-12(10-16(15)20)18(25)23-9-1-2-13(11-23)17(24)22-14-5-7-21-8-6-14;/h3-4,10,13-14,21H,1-2,5-9,11H2,(H,22,24);1H. The van der Waals surface area contributed by atoms with Crippen LogP contribution < -0.4 is 10.6 Å². The molecule has 2 N–H and O–H groups in total. The van der Waals surface area contributed by atoms with Gasteiger partial charge in [0.15, 0.2) is 0 Å². The van der Waals surface area contributed by atoms with Crippen molar-refractivity contribution in [1.82, 2.24) is 15.5 Å². The molecule has 3 rings (SSSR count). The molecule has 5 nitrogen and oxygen atoms in total. The van der Waals surface area contributed by atoms with Crippen molar-refractivity contribution in [3.8, 4) is 0 Å². The maximum atomic E-state index is 12.7. The summed E-state index contributed by atoms with van der Waals surface area (Å²) in [4.78, 5) is 27.0. The summed E-state index contributed by atoms with van der Waals surface area (Å²) in [6.07, 6.45) is 3.58. The first-order valence-corrected chi connectivity index (χ1v) is 9.55. The van der Waals surface area contributed by atoms with Crippen LogP contribution >= 0.6 is 35.6 Å². The zero-order valence-corrected chi connectivity index (χ0v) is 16.8. The molecular formula is C18H24Cl3N3O2. The average molecular weight is 421 g/mol. The van der Waals surface area contributed by atoms with Crippen molar-refractivity contribution < 1.29 is 9.59 Å². The second-order valence-corrected chi connectivity index (χ2v) is 7.57. The van der Waals surface area contributed by atoms with E-state index < -0.39 is 0 Å². The summed E-state index contributed by atoms with van der Waals surface area (Å²) in [5.74, 6) is -0.174. The van der Waals surface area contributed by atoms with E-state index in [-0.39, 0.29) is 36.2 Å². The zero-order valence-electron chi connectivity index (χ0n) is 14.5. The highest BCUT2D eigenvalue weighted by Crippen LogP contribution is 2.25. The van der Waals surface area contributed by atoms with Gasteiger partial charge in [0.25, 0.3) is 5.91 Å². The number of amides is 2. The van der Waals surface area contributed by atoms with E-state index in [2.05, 4.69) is 10.6 Å². The van der Waals surface area contributed by atoms with Crippen LogP contribution in [0.1, 0.15) is 36.0 Å². The van der Waals surface area contributed by atoms with Gasteiger partial charge in [-0.2, -0.15) is 0 Å². The van der Waals surface area contributed by atoms with E-state index in [1.165, 1.54) is 0 Å². The van der Waals surface area contributed by atoms with E-state index in [0.29, 0.717) is 28.7 Å². The minimum Gasteiger partial charge on any atom is -0.353 e. The fraction of sp³-hybridized carbons (Fsp3) is 0.556. The Labute approximate surface area is 170 Å². The number of likely N-dealkylation sites (tertiary alicyclic amines) is 1. The summed E-state index contributed by atoms with van der Waals surface area (Å²) in [7, 11) is 0. The van der Waals surface area contributed by atoms with Crippen molar-refractivity contribution in [2.75, 3.05) is 26.2 Å². The fourth-order valence-corrected chi connectivity index (χ4v) is 3.77. The lowest BCUT2D eigenvalue weighted by atomic mass is 9.95. The Morgan fingerprint density at radius 3 is 2.54 bits per heavy atom. The molecule has 26 heavy (non-hydrogen) atoms. The van der Waals surface area contributed by atoms with Crippen LogP contribution in [0, 0.1) is 5.92 Å². The maximum absolute atomic E-state index is 12.7. The van der Waals surface area contributed by atoms with Crippen molar-refractivity contribution in [3.63, 3.8) is 0 Å². The summed E-state index contributed by atoms with van der Waals surface area (Å²) < 4.78 is 0. The van der Waals surface area contributed by atoms with Gasteiger partial charge in [-0.25, -0.2) is 0 Å². The maximum Gasteiger partial charge on any atom is 0.253 e. The lowest BCUT2D eigenvalue weighted by Crippen LogP contribution is -2.49. The number of halogens is 3. The molecule has 1 atom stereocenters. The molecule has 0 bridgehead atoms. The van der Waals surface area contributed by atoms with Crippen LogP contribution in [-0.4, -0.2) is 48.9 Å². The molecule has 0 saturated carbocycles. The second-order valence-electron chi connectivity index (χ2n) is 6.75. The van der Waals surface area contributed by atoms with Crippen molar-refractivity contribution in [3.05, 3.63) is 33.8 Å². The summed E-state index contributed by atoms with van der Waals surface area (Å²) in [5.41, 5.74) is 0.508.